The van der Waals surface area contributed by atoms with Gasteiger partial charge in [-0.3, -0.25) is 9.59 Å². The molecule has 0 radical (unpaired) electrons. The molecule has 0 spiro atoms. The van der Waals surface area contributed by atoms with Crippen molar-refractivity contribution in [3.63, 3.8) is 0 Å². The highest BCUT2D eigenvalue weighted by Crippen LogP contribution is 2.47. The number of rotatable bonds is 10. The van der Waals surface area contributed by atoms with Gasteiger partial charge < -0.3 is 30.0 Å². The molecule has 0 saturated carbocycles. The van der Waals surface area contributed by atoms with Crippen LogP contribution in [0.2, 0.25) is 0 Å². The van der Waals surface area contributed by atoms with Crippen molar-refractivity contribution in [2.75, 3.05) is 19.7 Å². The van der Waals surface area contributed by atoms with Crippen LogP contribution in [0.25, 0.3) is 0 Å². The van der Waals surface area contributed by atoms with Gasteiger partial charge in [-0.1, -0.05) is 66.7 Å². The van der Waals surface area contributed by atoms with Crippen molar-refractivity contribution in [3.05, 3.63) is 117 Å². The Bertz CT molecular complexity index is 1410. The van der Waals surface area contributed by atoms with Gasteiger partial charge >= 0.3 is 5.97 Å². The molecule has 5 rings (SSSR count). The predicted octanol–water partition coefficient (Wildman–Crippen LogP) is 3.45. The number of amides is 2. The number of fused-ring (bicyclic) bond motifs is 1. The van der Waals surface area contributed by atoms with E-state index < -0.39 is 30.1 Å². The zero-order valence-electron chi connectivity index (χ0n) is 22.7. The van der Waals surface area contributed by atoms with Gasteiger partial charge in [0, 0.05) is 46.2 Å². The molecule has 1 aliphatic carbocycles. The van der Waals surface area contributed by atoms with E-state index in [9.17, 15) is 14.4 Å². The van der Waals surface area contributed by atoms with Gasteiger partial charge in [-0.2, -0.15) is 0 Å². The largest absolute Gasteiger partial charge is 0.456 e. The fourth-order valence-electron chi connectivity index (χ4n) is 5.10. The van der Waals surface area contributed by atoms with Crippen LogP contribution in [0.1, 0.15) is 34.3 Å². The molecule has 2 aliphatic rings. The van der Waals surface area contributed by atoms with E-state index in [0.717, 1.165) is 14.7 Å². The van der Waals surface area contributed by atoms with E-state index in [2.05, 4.69) is 33.2 Å². The number of aliphatic hydroxyl groups excluding tert-OH is 1. The minimum Gasteiger partial charge on any atom is -0.456 e. The summed E-state index contributed by atoms with van der Waals surface area (Å²) in [6, 6.07) is 26.1. The molecule has 3 aromatic rings. The maximum absolute atomic E-state index is 13.3. The Morgan fingerprint density at radius 1 is 0.905 bits per heavy atom. The van der Waals surface area contributed by atoms with Crippen molar-refractivity contribution in [1.82, 2.24) is 10.6 Å². The lowest BCUT2D eigenvalue weighted by Gasteiger charge is -2.31. The number of ether oxygens (including phenoxy) is 3. The molecule has 2 amide bonds. The maximum atomic E-state index is 13.3. The number of hydrogen-bond donors (Lipinski definition) is 3. The molecule has 3 atom stereocenters. The van der Waals surface area contributed by atoms with Crippen LogP contribution >= 0.6 is 22.6 Å². The second-order valence-corrected chi connectivity index (χ2v) is 11.2. The van der Waals surface area contributed by atoms with Crippen LogP contribution in [-0.4, -0.2) is 60.9 Å². The Balaban J connectivity index is 1.44. The number of hydrogen-bond acceptors (Lipinski definition) is 7. The molecule has 1 fully saturated rings. The van der Waals surface area contributed by atoms with E-state index in [4.69, 9.17) is 19.3 Å². The lowest BCUT2D eigenvalue weighted by atomic mass is 9.91. The third-order valence-electron chi connectivity index (χ3n) is 7.07. The van der Waals surface area contributed by atoms with E-state index >= 15 is 0 Å². The Hall–Kier alpha value is -3.58. The first-order valence-electron chi connectivity index (χ1n) is 13.7. The van der Waals surface area contributed by atoms with Gasteiger partial charge in [0.2, 0.25) is 17.6 Å². The summed E-state index contributed by atoms with van der Waals surface area (Å²) < 4.78 is 20.3. The van der Waals surface area contributed by atoms with E-state index in [1.165, 1.54) is 0 Å². The zero-order valence-corrected chi connectivity index (χ0v) is 24.9. The van der Waals surface area contributed by atoms with Crippen LogP contribution in [0.15, 0.2) is 96.6 Å². The first kappa shape index (κ1) is 29.9. The topological polar surface area (TPSA) is 123 Å². The summed E-state index contributed by atoms with van der Waals surface area (Å²) in [6.45, 7) is 0.0888. The number of carbonyl (C=O) groups is 3. The summed E-state index contributed by atoms with van der Waals surface area (Å²) in [5, 5.41) is 14.2. The van der Waals surface area contributed by atoms with Crippen LogP contribution in [0.5, 0.6) is 0 Å². The van der Waals surface area contributed by atoms with Crippen molar-refractivity contribution in [1.29, 1.82) is 0 Å². The molecular formula is C32H31IN2O7. The van der Waals surface area contributed by atoms with Gasteiger partial charge in [0.1, 0.15) is 18.3 Å². The van der Waals surface area contributed by atoms with Gasteiger partial charge in [0.05, 0.1) is 12.2 Å². The molecule has 1 heterocycles. The highest BCUT2D eigenvalue weighted by molar-refractivity contribution is 14.1. The van der Waals surface area contributed by atoms with Gasteiger partial charge in [0.15, 0.2) is 0 Å². The fourth-order valence-corrected chi connectivity index (χ4v) is 5.64. The van der Waals surface area contributed by atoms with Crippen LogP contribution in [0, 0.1) is 3.57 Å². The predicted molar refractivity (Wildman–Crippen MR) is 162 cm³/mol. The van der Waals surface area contributed by atoms with Crippen LogP contribution in [0.3, 0.4) is 0 Å². The number of esters is 1. The Labute approximate surface area is 257 Å². The fraction of sp³-hybridized carbons (Fsp3) is 0.281. The first-order valence-corrected chi connectivity index (χ1v) is 14.8. The van der Waals surface area contributed by atoms with E-state index in [1.54, 1.807) is 24.3 Å². The highest BCUT2D eigenvalue weighted by atomic mass is 127. The van der Waals surface area contributed by atoms with E-state index in [-0.39, 0.29) is 44.4 Å². The summed E-state index contributed by atoms with van der Waals surface area (Å²) >= 11 is 2.13. The SMILES string of the molecule is O=C(CCNC(=O)C1=C[C@H]2OC(c3ccccc3)(c3ccccc3)O[C@H]2[C@H](OC(=O)c2cccc(I)c2)C1)NCCO. The zero-order chi connectivity index (χ0) is 29.5. The Morgan fingerprint density at radius 2 is 1.60 bits per heavy atom. The molecule has 0 unspecified atom stereocenters. The molecule has 10 heteroatoms. The lowest BCUT2D eigenvalue weighted by molar-refractivity contribution is -0.157. The van der Waals surface area contributed by atoms with Crippen molar-refractivity contribution in [2.24, 2.45) is 0 Å². The summed E-state index contributed by atoms with van der Waals surface area (Å²) in [4.78, 5) is 38.4. The number of carbonyl (C=O) groups excluding carboxylic acids is 3. The molecule has 9 nitrogen and oxygen atoms in total. The molecular weight excluding hydrogens is 651 g/mol. The molecule has 3 aromatic carbocycles. The molecule has 0 bridgehead atoms. The third-order valence-corrected chi connectivity index (χ3v) is 7.74. The van der Waals surface area contributed by atoms with Crippen molar-refractivity contribution in [3.8, 4) is 0 Å². The number of halogens is 1. The molecule has 3 N–H and O–H groups in total. The van der Waals surface area contributed by atoms with E-state index in [1.807, 2.05) is 66.7 Å². The highest BCUT2D eigenvalue weighted by Gasteiger charge is 2.54. The van der Waals surface area contributed by atoms with Gasteiger partial charge in [-0.25, -0.2) is 4.79 Å². The first-order chi connectivity index (χ1) is 20.4. The Kier molecular flexibility index (Phi) is 9.68. The number of benzene rings is 3. The number of aliphatic hydroxyl groups is 1. The minimum atomic E-state index is -1.29. The average Bonchev–Trinajstić information content (AvgIpc) is 3.42. The second-order valence-electron chi connectivity index (χ2n) is 9.94. The molecule has 42 heavy (non-hydrogen) atoms. The van der Waals surface area contributed by atoms with Gasteiger partial charge in [-0.05, 0) is 46.9 Å². The molecule has 218 valence electrons. The van der Waals surface area contributed by atoms with Crippen molar-refractivity contribution in [2.45, 2.75) is 36.9 Å². The van der Waals surface area contributed by atoms with Crippen LogP contribution < -0.4 is 10.6 Å². The minimum absolute atomic E-state index is 0.0564. The monoisotopic (exact) mass is 682 g/mol. The summed E-state index contributed by atoms with van der Waals surface area (Å²) in [6.07, 6.45) is -0.355. The van der Waals surface area contributed by atoms with Crippen LogP contribution in [0.4, 0.5) is 0 Å². The standard InChI is InChI=1S/C32H31IN2O7/c33-25-13-7-8-21(18-25)31(39)40-26-19-22(30(38)35-15-14-28(37)34-16-17-36)20-27-29(26)42-32(41-27,23-9-3-1-4-10-23)24-11-5-2-6-12-24/h1-13,18,20,26-27,29,36H,14-17,19H2,(H,34,37)(H,35,38)/t26-,27-,29+/m1/s1. The maximum Gasteiger partial charge on any atom is 0.338 e. The van der Waals surface area contributed by atoms with Crippen molar-refractivity contribution < 1.29 is 33.7 Å². The lowest BCUT2D eigenvalue weighted by Crippen LogP contribution is -2.44. The van der Waals surface area contributed by atoms with Crippen LogP contribution in [-0.2, 0) is 29.6 Å². The summed E-state index contributed by atoms with van der Waals surface area (Å²) in [5.41, 5.74) is 2.29. The molecule has 0 aromatic heterocycles. The average molecular weight is 683 g/mol. The van der Waals surface area contributed by atoms with Crippen molar-refractivity contribution >= 4 is 40.4 Å². The van der Waals surface area contributed by atoms with Gasteiger partial charge in [0.25, 0.3) is 0 Å². The summed E-state index contributed by atoms with van der Waals surface area (Å²) in [7, 11) is 0. The second kappa shape index (κ2) is 13.6. The van der Waals surface area contributed by atoms with E-state index in [0.29, 0.717) is 11.1 Å². The number of nitrogens with one attached hydrogen (secondary N) is 2. The van der Waals surface area contributed by atoms with Gasteiger partial charge in [-0.15, -0.1) is 0 Å². The third kappa shape index (κ3) is 6.73. The molecule has 1 aliphatic heterocycles. The smallest absolute Gasteiger partial charge is 0.338 e. The summed E-state index contributed by atoms with van der Waals surface area (Å²) in [5.74, 6) is -2.49. The normalized spacial score (nSPS) is 20.6. The molecule has 1 saturated heterocycles. The Morgan fingerprint density at radius 3 is 2.24 bits per heavy atom. The quantitative estimate of drug-likeness (QED) is 0.221.